The Morgan fingerprint density at radius 2 is 2.26 bits per heavy atom. The van der Waals surface area contributed by atoms with Gasteiger partial charge in [0.05, 0.1) is 23.9 Å². The zero-order valence-electron chi connectivity index (χ0n) is 11.1. The van der Waals surface area contributed by atoms with E-state index in [1.807, 2.05) is 24.3 Å². The number of nitrogens with zero attached hydrogens (tertiary/aromatic N) is 3. The minimum atomic E-state index is -0.307. The fourth-order valence-corrected chi connectivity index (χ4v) is 2.39. The maximum absolute atomic E-state index is 13.3. The summed E-state index contributed by atoms with van der Waals surface area (Å²) in [5, 5.41) is 5.20. The van der Waals surface area contributed by atoms with Crippen LogP contribution >= 0.6 is 11.3 Å². The van der Waals surface area contributed by atoms with Crippen LogP contribution in [-0.4, -0.2) is 23.6 Å². The molecule has 6 heteroatoms. The van der Waals surface area contributed by atoms with Crippen LogP contribution in [0.1, 0.15) is 18.2 Å². The average Bonchev–Trinajstić information content (AvgIpc) is 2.89. The summed E-state index contributed by atoms with van der Waals surface area (Å²) < 4.78 is 13.3. The molecule has 2 aromatic heterocycles. The molecule has 0 saturated heterocycles. The van der Waals surface area contributed by atoms with Gasteiger partial charge in [-0.3, -0.25) is 0 Å². The molecule has 0 amide bonds. The highest BCUT2D eigenvalue weighted by molar-refractivity contribution is 7.07. The molecule has 0 radical (unpaired) electrons. The van der Waals surface area contributed by atoms with Crippen molar-refractivity contribution in [2.24, 2.45) is 0 Å². The molecule has 0 aromatic carbocycles. The van der Waals surface area contributed by atoms with E-state index < -0.39 is 0 Å². The highest BCUT2D eigenvalue weighted by atomic mass is 32.1. The topological polar surface area (TPSA) is 41.1 Å². The van der Waals surface area contributed by atoms with Gasteiger partial charge in [-0.05, 0) is 12.6 Å². The number of pyridine rings is 1. The monoisotopic (exact) mass is 280 g/mol. The SMILES string of the molecule is CCNCc1cc(F)cnc1N(C)Cc1cscn1. The van der Waals surface area contributed by atoms with Gasteiger partial charge in [-0.25, -0.2) is 14.4 Å². The molecule has 0 aliphatic rings. The van der Waals surface area contributed by atoms with Crippen LogP contribution in [-0.2, 0) is 13.1 Å². The van der Waals surface area contributed by atoms with Gasteiger partial charge >= 0.3 is 0 Å². The van der Waals surface area contributed by atoms with Crippen LogP contribution in [0.4, 0.5) is 10.2 Å². The van der Waals surface area contributed by atoms with Crippen LogP contribution in [0.15, 0.2) is 23.2 Å². The summed E-state index contributed by atoms with van der Waals surface area (Å²) in [6.07, 6.45) is 1.25. The first-order valence-electron chi connectivity index (χ1n) is 6.14. The van der Waals surface area contributed by atoms with Gasteiger partial charge in [0, 0.05) is 24.5 Å². The maximum Gasteiger partial charge on any atom is 0.141 e. The zero-order chi connectivity index (χ0) is 13.7. The Hall–Kier alpha value is -1.53. The van der Waals surface area contributed by atoms with Crippen molar-refractivity contribution in [3.8, 4) is 0 Å². The van der Waals surface area contributed by atoms with Gasteiger partial charge < -0.3 is 10.2 Å². The second-order valence-corrected chi connectivity index (χ2v) is 4.97. The highest BCUT2D eigenvalue weighted by Gasteiger charge is 2.11. The highest BCUT2D eigenvalue weighted by Crippen LogP contribution is 2.19. The number of hydrogen-bond donors (Lipinski definition) is 1. The number of rotatable bonds is 6. The molecule has 0 unspecified atom stereocenters. The average molecular weight is 280 g/mol. The van der Waals surface area contributed by atoms with Gasteiger partial charge in [0.15, 0.2) is 0 Å². The Morgan fingerprint density at radius 1 is 1.42 bits per heavy atom. The third-order valence-electron chi connectivity index (χ3n) is 2.72. The van der Waals surface area contributed by atoms with E-state index >= 15 is 0 Å². The van der Waals surface area contributed by atoms with Crippen LogP contribution in [0.5, 0.6) is 0 Å². The quantitative estimate of drug-likeness (QED) is 0.882. The molecule has 4 nitrogen and oxygen atoms in total. The Bertz CT molecular complexity index is 515. The van der Waals surface area contributed by atoms with Crippen molar-refractivity contribution >= 4 is 17.2 Å². The summed E-state index contributed by atoms with van der Waals surface area (Å²) in [5.74, 6) is 0.481. The molecular formula is C13H17FN4S. The molecule has 0 fully saturated rings. The third-order valence-corrected chi connectivity index (χ3v) is 3.35. The van der Waals surface area contributed by atoms with Crippen molar-refractivity contribution in [3.63, 3.8) is 0 Å². The Labute approximate surface area is 116 Å². The van der Waals surface area contributed by atoms with Crippen LogP contribution < -0.4 is 10.2 Å². The second-order valence-electron chi connectivity index (χ2n) is 4.25. The number of nitrogens with one attached hydrogen (secondary N) is 1. The van der Waals surface area contributed by atoms with Crippen molar-refractivity contribution in [1.82, 2.24) is 15.3 Å². The smallest absolute Gasteiger partial charge is 0.141 e. The van der Waals surface area contributed by atoms with Crippen molar-refractivity contribution in [2.45, 2.75) is 20.0 Å². The number of hydrogen-bond acceptors (Lipinski definition) is 5. The summed E-state index contributed by atoms with van der Waals surface area (Å²) in [4.78, 5) is 10.4. The molecule has 0 bridgehead atoms. The molecule has 2 aromatic rings. The van der Waals surface area contributed by atoms with E-state index in [0.29, 0.717) is 13.1 Å². The van der Waals surface area contributed by atoms with E-state index in [-0.39, 0.29) is 5.82 Å². The van der Waals surface area contributed by atoms with E-state index in [9.17, 15) is 4.39 Å². The molecule has 0 saturated carbocycles. The Balaban J connectivity index is 2.17. The second kappa shape index (κ2) is 6.58. The lowest BCUT2D eigenvalue weighted by Gasteiger charge is -2.20. The number of halogens is 1. The van der Waals surface area contributed by atoms with E-state index in [2.05, 4.69) is 15.3 Å². The Morgan fingerprint density at radius 3 is 2.95 bits per heavy atom. The van der Waals surface area contributed by atoms with Crippen molar-refractivity contribution in [1.29, 1.82) is 0 Å². The third kappa shape index (κ3) is 3.71. The first kappa shape index (κ1) is 13.9. The summed E-state index contributed by atoms with van der Waals surface area (Å²) >= 11 is 1.57. The standard InChI is InChI=1S/C13H17FN4S/c1-3-15-5-10-4-11(14)6-16-13(10)18(2)7-12-8-19-9-17-12/h4,6,8-9,15H,3,5,7H2,1-2H3. The van der Waals surface area contributed by atoms with Crippen LogP contribution in [0, 0.1) is 5.82 Å². The maximum atomic E-state index is 13.3. The molecule has 2 heterocycles. The minimum Gasteiger partial charge on any atom is -0.353 e. The van der Waals surface area contributed by atoms with Gasteiger partial charge in [-0.15, -0.1) is 11.3 Å². The predicted molar refractivity (Wildman–Crippen MR) is 75.8 cm³/mol. The van der Waals surface area contributed by atoms with Gasteiger partial charge in [0.1, 0.15) is 11.6 Å². The van der Waals surface area contributed by atoms with Crippen LogP contribution in [0.2, 0.25) is 0 Å². The molecular weight excluding hydrogens is 263 g/mol. The molecule has 102 valence electrons. The lowest BCUT2D eigenvalue weighted by atomic mass is 10.2. The zero-order valence-corrected chi connectivity index (χ0v) is 11.9. The van der Waals surface area contributed by atoms with E-state index in [0.717, 1.165) is 23.6 Å². The van der Waals surface area contributed by atoms with Gasteiger partial charge in [-0.1, -0.05) is 6.92 Å². The van der Waals surface area contributed by atoms with E-state index in [1.165, 1.54) is 12.3 Å². The first-order chi connectivity index (χ1) is 9.20. The van der Waals surface area contributed by atoms with Crippen molar-refractivity contribution in [2.75, 3.05) is 18.5 Å². The van der Waals surface area contributed by atoms with Gasteiger partial charge in [0.2, 0.25) is 0 Å². The lowest BCUT2D eigenvalue weighted by Crippen LogP contribution is -2.22. The molecule has 0 atom stereocenters. The van der Waals surface area contributed by atoms with Crippen LogP contribution in [0.25, 0.3) is 0 Å². The number of aromatic nitrogens is 2. The summed E-state index contributed by atoms with van der Waals surface area (Å²) in [5.41, 5.74) is 3.66. The molecule has 1 N–H and O–H groups in total. The van der Waals surface area contributed by atoms with Gasteiger partial charge in [-0.2, -0.15) is 0 Å². The summed E-state index contributed by atoms with van der Waals surface area (Å²) in [7, 11) is 1.94. The lowest BCUT2D eigenvalue weighted by molar-refractivity contribution is 0.613. The summed E-state index contributed by atoms with van der Waals surface area (Å²) in [6.45, 7) is 4.14. The minimum absolute atomic E-state index is 0.307. The molecule has 0 aliphatic carbocycles. The van der Waals surface area contributed by atoms with Crippen molar-refractivity contribution in [3.05, 3.63) is 40.2 Å². The largest absolute Gasteiger partial charge is 0.353 e. The van der Waals surface area contributed by atoms with Crippen molar-refractivity contribution < 1.29 is 4.39 Å². The first-order valence-corrected chi connectivity index (χ1v) is 7.08. The molecule has 0 spiro atoms. The van der Waals surface area contributed by atoms with Crippen LogP contribution in [0.3, 0.4) is 0 Å². The fraction of sp³-hybridized carbons (Fsp3) is 0.385. The number of thiazole rings is 1. The molecule has 0 aliphatic heterocycles. The predicted octanol–water partition coefficient (Wildman–Crippen LogP) is 2.42. The fourth-order valence-electron chi connectivity index (χ4n) is 1.84. The Kier molecular flexibility index (Phi) is 4.81. The summed E-state index contributed by atoms with van der Waals surface area (Å²) in [6, 6.07) is 1.53. The van der Waals surface area contributed by atoms with E-state index in [4.69, 9.17) is 0 Å². The number of anilines is 1. The van der Waals surface area contributed by atoms with E-state index in [1.54, 1.807) is 16.8 Å². The molecule has 2 rings (SSSR count). The normalized spacial score (nSPS) is 10.7. The molecule has 19 heavy (non-hydrogen) atoms. The van der Waals surface area contributed by atoms with Gasteiger partial charge in [0.25, 0.3) is 0 Å².